The number of non-ortho nitro benzene ring substituents is 1. The van der Waals surface area contributed by atoms with E-state index in [1.807, 2.05) is 26.1 Å². The van der Waals surface area contributed by atoms with Crippen molar-refractivity contribution in [2.75, 3.05) is 0 Å². The highest BCUT2D eigenvalue weighted by Gasteiger charge is 2.11. The third-order valence-corrected chi connectivity index (χ3v) is 3.72. The molecule has 1 heterocycles. The maximum Gasteiger partial charge on any atom is 0.269 e. The summed E-state index contributed by atoms with van der Waals surface area (Å²) in [7, 11) is 0. The summed E-state index contributed by atoms with van der Waals surface area (Å²) < 4.78 is 0. The molecule has 1 aromatic heterocycles. The third-order valence-electron chi connectivity index (χ3n) is 2.81. The van der Waals surface area contributed by atoms with Crippen LogP contribution in [-0.4, -0.2) is 9.91 Å². The number of hydrogen-bond acceptors (Lipinski definition) is 5. The summed E-state index contributed by atoms with van der Waals surface area (Å²) in [6, 6.07) is 6.74. The molecule has 0 aliphatic carbocycles. The third kappa shape index (κ3) is 3.59. The molecule has 0 aliphatic rings. The molecule has 1 unspecified atom stereocenters. The van der Waals surface area contributed by atoms with E-state index in [-0.39, 0.29) is 16.7 Å². The van der Waals surface area contributed by atoms with E-state index in [0.29, 0.717) is 6.54 Å². The summed E-state index contributed by atoms with van der Waals surface area (Å²) in [4.78, 5) is 15.8. The molecule has 0 saturated carbocycles. The standard InChI is InChI=1S/C13H15N3O2S/c1-9-7-15-13(19-9)8-14-10(2)11-4-3-5-12(6-11)16(17)18/h3-7,10,14H,8H2,1-2H3. The van der Waals surface area contributed by atoms with E-state index in [4.69, 9.17) is 0 Å². The fourth-order valence-electron chi connectivity index (χ4n) is 1.75. The highest BCUT2D eigenvalue weighted by Crippen LogP contribution is 2.20. The lowest BCUT2D eigenvalue weighted by atomic mass is 10.1. The van der Waals surface area contributed by atoms with Crippen molar-refractivity contribution in [1.82, 2.24) is 10.3 Å². The molecule has 2 aromatic rings. The van der Waals surface area contributed by atoms with E-state index >= 15 is 0 Å². The van der Waals surface area contributed by atoms with Crippen molar-refractivity contribution in [2.45, 2.75) is 26.4 Å². The molecule has 0 radical (unpaired) electrons. The van der Waals surface area contributed by atoms with Gasteiger partial charge in [0.05, 0.1) is 4.92 Å². The summed E-state index contributed by atoms with van der Waals surface area (Å²) in [5, 5.41) is 15.1. The predicted molar refractivity (Wildman–Crippen MR) is 75.2 cm³/mol. The molecule has 100 valence electrons. The fourth-order valence-corrected chi connectivity index (χ4v) is 2.49. The number of benzene rings is 1. The summed E-state index contributed by atoms with van der Waals surface area (Å²) in [5.41, 5.74) is 1.03. The normalized spacial score (nSPS) is 12.3. The van der Waals surface area contributed by atoms with Gasteiger partial charge < -0.3 is 5.32 Å². The van der Waals surface area contributed by atoms with Crippen molar-refractivity contribution in [3.63, 3.8) is 0 Å². The number of nitrogens with one attached hydrogen (secondary N) is 1. The zero-order chi connectivity index (χ0) is 13.8. The van der Waals surface area contributed by atoms with Crippen LogP contribution in [0.4, 0.5) is 5.69 Å². The fraction of sp³-hybridized carbons (Fsp3) is 0.308. The van der Waals surface area contributed by atoms with Gasteiger partial charge in [0.1, 0.15) is 5.01 Å². The molecular formula is C13H15N3O2S. The van der Waals surface area contributed by atoms with Crippen LogP contribution in [-0.2, 0) is 6.54 Å². The van der Waals surface area contributed by atoms with Crippen LogP contribution in [0.1, 0.15) is 28.4 Å². The molecule has 2 rings (SSSR count). The average molecular weight is 277 g/mol. The first-order valence-electron chi connectivity index (χ1n) is 5.95. The molecule has 0 bridgehead atoms. The molecular weight excluding hydrogens is 262 g/mol. The second-order valence-corrected chi connectivity index (χ2v) is 5.64. The Morgan fingerprint density at radius 1 is 1.53 bits per heavy atom. The molecule has 1 atom stereocenters. The Labute approximate surface area is 115 Å². The molecule has 6 heteroatoms. The van der Waals surface area contributed by atoms with E-state index in [0.717, 1.165) is 10.6 Å². The minimum absolute atomic E-state index is 0.0455. The number of rotatable bonds is 5. The van der Waals surface area contributed by atoms with Gasteiger partial charge in [-0.25, -0.2) is 4.98 Å². The van der Waals surface area contributed by atoms with Crippen LogP contribution in [0.2, 0.25) is 0 Å². The largest absolute Gasteiger partial charge is 0.304 e. The Morgan fingerprint density at radius 3 is 2.95 bits per heavy atom. The second-order valence-electron chi connectivity index (χ2n) is 4.32. The van der Waals surface area contributed by atoms with Gasteiger partial charge in [-0.2, -0.15) is 0 Å². The molecule has 1 N–H and O–H groups in total. The maximum absolute atomic E-state index is 10.7. The van der Waals surface area contributed by atoms with Gasteiger partial charge in [-0.1, -0.05) is 12.1 Å². The lowest BCUT2D eigenvalue weighted by Gasteiger charge is -2.12. The highest BCUT2D eigenvalue weighted by atomic mass is 32.1. The van der Waals surface area contributed by atoms with Gasteiger partial charge in [-0.15, -0.1) is 11.3 Å². The van der Waals surface area contributed by atoms with Crippen molar-refractivity contribution in [3.05, 3.63) is 56.0 Å². The smallest absolute Gasteiger partial charge is 0.269 e. The average Bonchev–Trinajstić information content (AvgIpc) is 2.82. The Bertz CT molecular complexity index is 583. The molecule has 0 saturated heterocycles. The monoisotopic (exact) mass is 277 g/mol. The molecule has 5 nitrogen and oxygen atoms in total. The Hall–Kier alpha value is -1.79. The second kappa shape index (κ2) is 5.90. The van der Waals surface area contributed by atoms with E-state index in [9.17, 15) is 10.1 Å². The zero-order valence-electron chi connectivity index (χ0n) is 10.8. The van der Waals surface area contributed by atoms with Crippen molar-refractivity contribution in [3.8, 4) is 0 Å². The van der Waals surface area contributed by atoms with Gasteiger partial charge in [0.2, 0.25) is 0 Å². The lowest BCUT2D eigenvalue weighted by Crippen LogP contribution is -2.18. The first-order chi connectivity index (χ1) is 9.06. The van der Waals surface area contributed by atoms with Crippen LogP contribution in [0.3, 0.4) is 0 Å². The van der Waals surface area contributed by atoms with Crippen molar-refractivity contribution < 1.29 is 4.92 Å². The highest BCUT2D eigenvalue weighted by molar-refractivity contribution is 7.11. The quantitative estimate of drug-likeness (QED) is 0.673. The number of nitro groups is 1. The van der Waals surface area contributed by atoms with Gasteiger partial charge in [-0.05, 0) is 19.4 Å². The maximum atomic E-state index is 10.7. The predicted octanol–water partition coefficient (Wildman–Crippen LogP) is 3.21. The molecule has 0 aliphatic heterocycles. The summed E-state index contributed by atoms with van der Waals surface area (Å²) >= 11 is 1.65. The zero-order valence-corrected chi connectivity index (χ0v) is 11.6. The number of hydrogen-bond donors (Lipinski definition) is 1. The van der Waals surface area contributed by atoms with E-state index in [1.54, 1.807) is 23.5 Å². The van der Waals surface area contributed by atoms with E-state index in [1.165, 1.54) is 10.9 Å². The Morgan fingerprint density at radius 2 is 2.32 bits per heavy atom. The summed E-state index contributed by atoms with van der Waals surface area (Å²) in [5.74, 6) is 0. The topological polar surface area (TPSA) is 68.1 Å². The number of aryl methyl sites for hydroxylation is 1. The van der Waals surface area contributed by atoms with Crippen LogP contribution in [0.5, 0.6) is 0 Å². The first-order valence-corrected chi connectivity index (χ1v) is 6.77. The first kappa shape index (κ1) is 13.6. The van der Waals surface area contributed by atoms with Crippen molar-refractivity contribution in [1.29, 1.82) is 0 Å². The van der Waals surface area contributed by atoms with Gasteiger partial charge in [0.15, 0.2) is 0 Å². The molecule has 0 fully saturated rings. The lowest BCUT2D eigenvalue weighted by molar-refractivity contribution is -0.384. The van der Waals surface area contributed by atoms with Crippen molar-refractivity contribution >= 4 is 17.0 Å². The SMILES string of the molecule is Cc1cnc(CNC(C)c2cccc([N+](=O)[O-])c2)s1. The number of aromatic nitrogens is 1. The van der Waals surface area contributed by atoms with Gasteiger partial charge >= 0.3 is 0 Å². The van der Waals surface area contributed by atoms with Gasteiger partial charge in [0, 0.05) is 35.8 Å². The van der Waals surface area contributed by atoms with Gasteiger partial charge in [-0.3, -0.25) is 10.1 Å². The number of thiazole rings is 1. The van der Waals surface area contributed by atoms with Crippen LogP contribution >= 0.6 is 11.3 Å². The summed E-state index contributed by atoms with van der Waals surface area (Å²) in [6.07, 6.45) is 1.85. The molecule has 0 spiro atoms. The van der Waals surface area contributed by atoms with Crippen LogP contribution in [0.15, 0.2) is 30.5 Å². The number of nitro benzene ring substituents is 1. The Kier molecular flexibility index (Phi) is 4.24. The molecule has 0 amide bonds. The van der Waals surface area contributed by atoms with Crippen LogP contribution < -0.4 is 5.32 Å². The molecule has 1 aromatic carbocycles. The van der Waals surface area contributed by atoms with E-state index in [2.05, 4.69) is 10.3 Å². The minimum atomic E-state index is -0.375. The van der Waals surface area contributed by atoms with Crippen LogP contribution in [0, 0.1) is 17.0 Å². The van der Waals surface area contributed by atoms with E-state index < -0.39 is 0 Å². The molecule has 19 heavy (non-hydrogen) atoms. The van der Waals surface area contributed by atoms with Crippen molar-refractivity contribution in [2.24, 2.45) is 0 Å². The number of nitrogens with zero attached hydrogens (tertiary/aromatic N) is 2. The van der Waals surface area contributed by atoms with Crippen LogP contribution in [0.25, 0.3) is 0 Å². The van der Waals surface area contributed by atoms with Gasteiger partial charge in [0.25, 0.3) is 5.69 Å². The minimum Gasteiger partial charge on any atom is -0.304 e. The Balaban J connectivity index is 2.01. The summed E-state index contributed by atoms with van der Waals surface area (Å²) in [6.45, 7) is 4.67.